The summed E-state index contributed by atoms with van der Waals surface area (Å²) < 4.78 is 0. The van der Waals surface area contributed by atoms with Gasteiger partial charge in [-0.15, -0.1) is 12.6 Å². The number of hydrogen-bond donors (Lipinski definition) is 2. The Morgan fingerprint density at radius 2 is 2.13 bits per heavy atom. The Balaban J connectivity index is 2.88. The van der Waals surface area contributed by atoms with E-state index in [0.717, 1.165) is 0 Å². The summed E-state index contributed by atoms with van der Waals surface area (Å²) >= 11 is 4.23. The number of amides is 1. The fourth-order valence-corrected chi connectivity index (χ4v) is 1.61. The maximum atomic E-state index is 12.0. The third-order valence-electron chi connectivity index (χ3n) is 2.17. The summed E-state index contributed by atoms with van der Waals surface area (Å²) in [6.07, 6.45) is 0. The molecule has 0 aliphatic heterocycles. The normalized spacial score (nSPS) is 10.1. The van der Waals surface area contributed by atoms with Crippen molar-refractivity contribution >= 4 is 18.5 Å². The lowest BCUT2D eigenvalue weighted by atomic mass is 10.2. The van der Waals surface area contributed by atoms with Gasteiger partial charge in [0, 0.05) is 18.0 Å². The standard InChI is InChI=1S/C11H15NO2S/c1-2-12(7-8-13)11(14)9-5-3-4-6-10(9)15/h3-6,13,15H,2,7-8H2,1H3. The lowest BCUT2D eigenvalue weighted by molar-refractivity contribution is 0.0728. The van der Waals surface area contributed by atoms with E-state index >= 15 is 0 Å². The van der Waals surface area contributed by atoms with Gasteiger partial charge in [-0.05, 0) is 19.1 Å². The van der Waals surface area contributed by atoms with Gasteiger partial charge in [0.1, 0.15) is 0 Å². The number of hydrogen-bond acceptors (Lipinski definition) is 3. The average molecular weight is 225 g/mol. The SMILES string of the molecule is CCN(CCO)C(=O)c1ccccc1S. The number of benzene rings is 1. The Bertz CT molecular complexity index is 341. The molecule has 1 aromatic carbocycles. The maximum Gasteiger partial charge on any atom is 0.255 e. The van der Waals surface area contributed by atoms with E-state index in [-0.39, 0.29) is 12.5 Å². The largest absolute Gasteiger partial charge is 0.395 e. The van der Waals surface area contributed by atoms with Gasteiger partial charge in [0.15, 0.2) is 0 Å². The molecule has 15 heavy (non-hydrogen) atoms. The number of aliphatic hydroxyl groups excluding tert-OH is 1. The summed E-state index contributed by atoms with van der Waals surface area (Å²) in [7, 11) is 0. The predicted molar refractivity (Wildman–Crippen MR) is 62.4 cm³/mol. The topological polar surface area (TPSA) is 40.5 Å². The quantitative estimate of drug-likeness (QED) is 0.761. The van der Waals surface area contributed by atoms with Crippen LogP contribution in [0.5, 0.6) is 0 Å². The van der Waals surface area contributed by atoms with Gasteiger partial charge in [0.25, 0.3) is 5.91 Å². The molecule has 1 amide bonds. The van der Waals surface area contributed by atoms with Crippen LogP contribution in [-0.2, 0) is 0 Å². The monoisotopic (exact) mass is 225 g/mol. The zero-order valence-corrected chi connectivity index (χ0v) is 9.58. The van der Waals surface area contributed by atoms with Crippen LogP contribution in [0.4, 0.5) is 0 Å². The highest BCUT2D eigenvalue weighted by molar-refractivity contribution is 7.80. The van der Waals surface area contributed by atoms with Crippen molar-refractivity contribution in [2.24, 2.45) is 0 Å². The molecule has 82 valence electrons. The molecule has 0 saturated heterocycles. The lowest BCUT2D eigenvalue weighted by Gasteiger charge is -2.20. The third kappa shape index (κ3) is 2.97. The lowest BCUT2D eigenvalue weighted by Crippen LogP contribution is -2.33. The van der Waals surface area contributed by atoms with Gasteiger partial charge in [-0.25, -0.2) is 0 Å². The van der Waals surface area contributed by atoms with E-state index in [9.17, 15) is 4.79 Å². The van der Waals surface area contributed by atoms with E-state index in [4.69, 9.17) is 5.11 Å². The summed E-state index contributed by atoms with van der Waals surface area (Å²) in [6, 6.07) is 7.16. The fourth-order valence-electron chi connectivity index (χ4n) is 1.35. The van der Waals surface area contributed by atoms with Crippen LogP contribution in [0.3, 0.4) is 0 Å². The Hall–Kier alpha value is -1.00. The van der Waals surface area contributed by atoms with Crippen molar-refractivity contribution in [1.82, 2.24) is 4.90 Å². The number of carbonyl (C=O) groups is 1. The second-order valence-electron chi connectivity index (χ2n) is 3.13. The first-order chi connectivity index (χ1) is 7.20. The van der Waals surface area contributed by atoms with Gasteiger partial charge in [-0.2, -0.15) is 0 Å². The Morgan fingerprint density at radius 1 is 1.47 bits per heavy atom. The highest BCUT2D eigenvalue weighted by atomic mass is 32.1. The van der Waals surface area contributed by atoms with E-state index in [1.807, 2.05) is 13.0 Å². The molecule has 1 rings (SSSR count). The van der Waals surface area contributed by atoms with Crippen molar-refractivity contribution in [1.29, 1.82) is 0 Å². The molecule has 0 heterocycles. The minimum Gasteiger partial charge on any atom is -0.395 e. The van der Waals surface area contributed by atoms with Crippen LogP contribution in [0, 0.1) is 0 Å². The summed E-state index contributed by atoms with van der Waals surface area (Å²) in [6.45, 7) is 2.81. The first-order valence-corrected chi connectivity index (χ1v) is 5.33. The first kappa shape index (κ1) is 12.1. The van der Waals surface area contributed by atoms with Crippen LogP contribution in [-0.4, -0.2) is 35.6 Å². The van der Waals surface area contributed by atoms with E-state index in [0.29, 0.717) is 23.5 Å². The molecule has 0 aliphatic carbocycles. The highest BCUT2D eigenvalue weighted by Gasteiger charge is 2.15. The minimum atomic E-state index is -0.0860. The summed E-state index contributed by atoms with van der Waals surface area (Å²) in [5.74, 6) is -0.0860. The molecule has 0 spiro atoms. The van der Waals surface area contributed by atoms with Crippen LogP contribution >= 0.6 is 12.6 Å². The van der Waals surface area contributed by atoms with Crippen LogP contribution in [0.2, 0.25) is 0 Å². The molecule has 0 aromatic heterocycles. The molecule has 1 N–H and O–H groups in total. The summed E-state index contributed by atoms with van der Waals surface area (Å²) in [4.78, 5) is 14.2. The van der Waals surface area contributed by atoms with Gasteiger partial charge < -0.3 is 10.0 Å². The van der Waals surface area contributed by atoms with Crippen molar-refractivity contribution in [2.75, 3.05) is 19.7 Å². The zero-order valence-electron chi connectivity index (χ0n) is 8.68. The molecular formula is C11H15NO2S. The minimum absolute atomic E-state index is 0.0195. The zero-order chi connectivity index (χ0) is 11.3. The number of likely N-dealkylation sites (N-methyl/N-ethyl adjacent to an activating group) is 1. The van der Waals surface area contributed by atoms with Crippen molar-refractivity contribution in [3.05, 3.63) is 29.8 Å². The molecule has 0 unspecified atom stereocenters. The van der Waals surface area contributed by atoms with Crippen LogP contribution in [0.15, 0.2) is 29.2 Å². The van der Waals surface area contributed by atoms with Crippen LogP contribution in [0.25, 0.3) is 0 Å². The van der Waals surface area contributed by atoms with Crippen molar-refractivity contribution in [3.8, 4) is 0 Å². The van der Waals surface area contributed by atoms with Crippen LogP contribution in [0.1, 0.15) is 17.3 Å². The third-order valence-corrected chi connectivity index (χ3v) is 2.56. The number of nitrogens with zero attached hydrogens (tertiary/aromatic N) is 1. The van der Waals surface area contributed by atoms with Gasteiger partial charge in [-0.1, -0.05) is 12.1 Å². The van der Waals surface area contributed by atoms with Crippen molar-refractivity contribution in [2.45, 2.75) is 11.8 Å². The smallest absolute Gasteiger partial charge is 0.255 e. The first-order valence-electron chi connectivity index (χ1n) is 4.88. The molecule has 0 bridgehead atoms. The van der Waals surface area contributed by atoms with Gasteiger partial charge in [0.2, 0.25) is 0 Å². The molecule has 0 saturated carbocycles. The number of carbonyl (C=O) groups excluding carboxylic acids is 1. The molecule has 0 atom stereocenters. The molecule has 0 aliphatic rings. The second-order valence-corrected chi connectivity index (χ2v) is 3.61. The van der Waals surface area contributed by atoms with Crippen molar-refractivity contribution < 1.29 is 9.90 Å². The van der Waals surface area contributed by atoms with E-state index in [1.54, 1.807) is 23.1 Å². The molecule has 0 fully saturated rings. The molecule has 4 heteroatoms. The second kappa shape index (κ2) is 5.78. The van der Waals surface area contributed by atoms with Crippen molar-refractivity contribution in [3.63, 3.8) is 0 Å². The van der Waals surface area contributed by atoms with Crippen LogP contribution < -0.4 is 0 Å². The maximum absolute atomic E-state index is 12.0. The van der Waals surface area contributed by atoms with Gasteiger partial charge in [0.05, 0.1) is 12.2 Å². The number of thiol groups is 1. The molecule has 1 aromatic rings. The van der Waals surface area contributed by atoms with Gasteiger partial charge >= 0.3 is 0 Å². The Morgan fingerprint density at radius 3 is 2.67 bits per heavy atom. The average Bonchev–Trinajstić information content (AvgIpc) is 2.25. The van der Waals surface area contributed by atoms with E-state index in [2.05, 4.69) is 12.6 Å². The predicted octanol–water partition coefficient (Wildman–Crippen LogP) is 1.43. The molecule has 0 radical (unpaired) electrons. The van der Waals surface area contributed by atoms with E-state index in [1.165, 1.54) is 0 Å². The van der Waals surface area contributed by atoms with E-state index < -0.39 is 0 Å². The van der Waals surface area contributed by atoms with Gasteiger partial charge in [-0.3, -0.25) is 4.79 Å². The molecular weight excluding hydrogens is 210 g/mol. The Kier molecular flexibility index (Phi) is 4.65. The summed E-state index contributed by atoms with van der Waals surface area (Å²) in [5, 5.41) is 8.82. The Labute approximate surface area is 95.1 Å². The summed E-state index contributed by atoms with van der Waals surface area (Å²) in [5.41, 5.74) is 0.580. The fraction of sp³-hybridized carbons (Fsp3) is 0.364. The number of rotatable bonds is 4. The molecule has 3 nitrogen and oxygen atoms in total. The highest BCUT2D eigenvalue weighted by Crippen LogP contribution is 2.15. The number of aliphatic hydroxyl groups is 1.